The minimum absolute atomic E-state index is 0.0737. The van der Waals surface area contributed by atoms with Crippen LogP contribution in [0.2, 0.25) is 0 Å². The van der Waals surface area contributed by atoms with Gasteiger partial charge in [-0.15, -0.1) is 0 Å². The lowest BCUT2D eigenvalue weighted by molar-refractivity contribution is -0.385. The van der Waals surface area contributed by atoms with Gasteiger partial charge >= 0.3 is 6.09 Å². The van der Waals surface area contributed by atoms with Crippen molar-refractivity contribution in [2.75, 3.05) is 5.75 Å². The van der Waals surface area contributed by atoms with E-state index in [-0.39, 0.29) is 22.3 Å². The lowest BCUT2D eigenvalue weighted by Crippen LogP contribution is -2.28. The summed E-state index contributed by atoms with van der Waals surface area (Å²) in [5.41, 5.74) is -0.924. The van der Waals surface area contributed by atoms with Crippen LogP contribution in [0.15, 0.2) is 23.2 Å². The van der Waals surface area contributed by atoms with E-state index in [0.29, 0.717) is 12.2 Å². The fourth-order valence-corrected chi connectivity index (χ4v) is 3.79. The summed E-state index contributed by atoms with van der Waals surface area (Å²) in [6.07, 6.45) is 0.0809. The number of hydrogen-bond acceptors (Lipinski definition) is 5. The first-order valence-corrected chi connectivity index (χ1v) is 7.58. The molecule has 1 heterocycles. The fourth-order valence-electron chi connectivity index (χ4n) is 2.81. The molecule has 7 nitrogen and oxygen atoms in total. The summed E-state index contributed by atoms with van der Waals surface area (Å²) in [7, 11) is 0. The maximum absolute atomic E-state index is 14.2. The van der Waals surface area contributed by atoms with E-state index in [0.717, 1.165) is 18.6 Å². The zero-order valence-electron chi connectivity index (χ0n) is 11.3. The number of amidine groups is 1. The van der Waals surface area contributed by atoms with Gasteiger partial charge in [-0.25, -0.2) is 9.18 Å². The normalized spacial score (nSPS) is 26.4. The summed E-state index contributed by atoms with van der Waals surface area (Å²) in [6.45, 7) is 0. The molecule has 2 N–H and O–H groups in total. The van der Waals surface area contributed by atoms with Crippen LogP contribution < -0.4 is 5.32 Å². The molecule has 1 fully saturated rings. The number of nitro groups is 1. The first-order valence-electron chi connectivity index (χ1n) is 6.59. The molecule has 0 spiro atoms. The Kier molecular flexibility index (Phi) is 3.51. The van der Waals surface area contributed by atoms with Gasteiger partial charge in [0.15, 0.2) is 5.17 Å². The van der Waals surface area contributed by atoms with Crippen molar-refractivity contribution in [2.45, 2.75) is 18.4 Å². The van der Waals surface area contributed by atoms with Crippen molar-refractivity contribution in [3.63, 3.8) is 0 Å². The molecule has 2 aliphatic rings. The maximum Gasteiger partial charge on any atom is 0.410 e. The highest BCUT2D eigenvalue weighted by atomic mass is 32.2. The molecule has 22 heavy (non-hydrogen) atoms. The van der Waals surface area contributed by atoms with Crippen molar-refractivity contribution in [2.24, 2.45) is 10.9 Å². The van der Waals surface area contributed by atoms with Crippen LogP contribution in [0.5, 0.6) is 0 Å². The van der Waals surface area contributed by atoms with Crippen molar-refractivity contribution in [1.29, 1.82) is 0 Å². The molecule has 1 aromatic carbocycles. The van der Waals surface area contributed by atoms with E-state index in [1.54, 1.807) is 0 Å². The van der Waals surface area contributed by atoms with E-state index in [2.05, 4.69) is 10.3 Å². The average Bonchev–Trinajstić information content (AvgIpc) is 3.12. The standard InChI is InChI=1S/C13H12FN3O4S/c14-10-2-1-8(17(20)21)5-9(10)13-6-7(13)3-4-22-11(16-13)15-12(18)19/h1-2,5,7H,3-4,6H2,(H,15,16)(H,18,19). The van der Waals surface area contributed by atoms with Gasteiger partial charge in [0.25, 0.3) is 5.69 Å². The average molecular weight is 325 g/mol. The summed E-state index contributed by atoms with van der Waals surface area (Å²) < 4.78 is 14.2. The van der Waals surface area contributed by atoms with Crippen molar-refractivity contribution < 1.29 is 19.2 Å². The number of rotatable bonds is 2. The summed E-state index contributed by atoms with van der Waals surface area (Å²) in [5, 5.41) is 22.1. The Morgan fingerprint density at radius 1 is 1.59 bits per heavy atom. The van der Waals surface area contributed by atoms with E-state index >= 15 is 0 Å². The number of aliphatic imine (C=N–C) groups is 1. The Hall–Kier alpha value is -2.16. The second-order valence-electron chi connectivity index (χ2n) is 5.23. The quantitative estimate of drug-likeness (QED) is 0.642. The zero-order valence-corrected chi connectivity index (χ0v) is 12.1. The van der Waals surface area contributed by atoms with Gasteiger partial charge in [0, 0.05) is 23.4 Å². The molecular weight excluding hydrogens is 313 g/mol. The number of nitrogens with zero attached hydrogens (tertiary/aromatic N) is 2. The highest BCUT2D eigenvalue weighted by Gasteiger charge is 2.58. The second kappa shape index (κ2) is 5.24. The summed E-state index contributed by atoms with van der Waals surface area (Å²) in [6, 6.07) is 3.38. The zero-order chi connectivity index (χ0) is 15.9. The van der Waals surface area contributed by atoms with Crippen LogP contribution in [-0.4, -0.2) is 27.0 Å². The Balaban J connectivity index is 2.04. The first-order chi connectivity index (χ1) is 10.4. The van der Waals surface area contributed by atoms with Crippen molar-refractivity contribution in [3.8, 4) is 0 Å². The van der Waals surface area contributed by atoms with E-state index in [1.807, 2.05) is 0 Å². The molecule has 1 saturated carbocycles. The Labute approximate surface area is 128 Å². The third-order valence-corrected chi connectivity index (χ3v) is 4.83. The maximum atomic E-state index is 14.2. The molecule has 1 aliphatic heterocycles. The van der Waals surface area contributed by atoms with Crippen LogP contribution in [0.1, 0.15) is 18.4 Å². The van der Waals surface area contributed by atoms with Gasteiger partial charge in [0.05, 0.1) is 10.5 Å². The number of amides is 1. The number of nitrogens with one attached hydrogen (secondary N) is 1. The van der Waals surface area contributed by atoms with E-state index in [4.69, 9.17) is 5.11 Å². The lowest BCUT2D eigenvalue weighted by Gasteiger charge is -2.14. The monoisotopic (exact) mass is 325 g/mol. The Morgan fingerprint density at radius 2 is 2.36 bits per heavy atom. The van der Waals surface area contributed by atoms with E-state index in [9.17, 15) is 19.3 Å². The highest BCUT2D eigenvalue weighted by Crippen LogP contribution is 2.59. The number of non-ortho nitro benzene ring substituents is 1. The molecule has 116 valence electrons. The number of hydrogen-bond donors (Lipinski definition) is 2. The van der Waals surface area contributed by atoms with Gasteiger partial charge in [-0.3, -0.25) is 20.4 Å². The third kappa shape index (κ3) is 2.52. The van der Waals surface area contributed by atoms with Crippen molar-refractivity contribution in [3.05, 3.63) is 39.7 Å². The van der Waals surface area contributed by atoms with Gasteiger partial charge in [0.2, 0.25) is 0 Å². The SMILES string of the molecule is O=C(O)NC1=NC2(c3cc([N+](=O)[O-])ccc3F)CC2CCS1. The van der Waals surface area contributed by atoms with E-state index in [1.165, 1.54) is 17.8 Å². The van der Waals surface area contributed by atoms with Gasteiger partial charge in [-0.1, -0.05) is 11.8 Å². The molecular formula is C13H12FN3O4S. The largest absolute Gasteiger partial charge is 0.465 e. The predicted molar refractivity (Wildman–Crippen MR) is 78.5 cm³/mol. The molecule has 0 radical (unpaired) electrons. The number of fused-ring (bicyclic) bond motifs is 1. The minimum atomic E-state index is -1.24. The van der Waals surface area contributed by atoms with Gasteiger partial charge in [-0.05, 0) is 24.8 Å². The van der Waals surface area contributed by atoms with Crippen molar-refractivity contribution in [1.82, 2.24) is 5.32 Å². The molecule has 1 aliphatic carbocycles. The molecule has 3 rings (SSSR count). The predicted octanol–water partition coefficient (Wildman–Crippen LogP) is 2.71. The fraction of sp³-hybridized carbons (Fsp3) is 0.385. The summed E-state index contributed by atoms with van der Waals surface area (Å²) in [5.74, 6) is 0.185. The molecule has 0 aromatic heterocycles. The minimum Gasteiger partial charge on any atom is -0.465 e. The number of carbonyl (C=O) groups is 1. The molecule has 2 atom stereocenters. The van der Waals surface area contributed by atoms with Gasteiger partial charge < -0.3 is 5.11 Å². The third-order valence-electron chi connectivity index (χ3n) is 3.92. The molecule has 0 bridgehead atoms. The van der Waals surface area contributed by atoms with Crippen LogP contribution in [0.4, 0.5) is 14.9 Å². The van der Waals surface area contributed by atoms with Crippen LogP contribution in [0, 0.1) is 21.8 Å². The molecule has 1 aromatic rings. The Morgan fingerprint density at radius 3 is 3.05 bits per heavy atom. The van der Waals surface area contributed by atoms with Gasteiger partial charge in [0.1, 0.15) is 5.82 Å². The number of thioether (sulfide) groups is 1. The number of nitro benzene ring substituents is 1. The molecule has 0 saturated heterocycles. The number of halogens is 1. The second-order valence-corrected chi connectivity index (χ2v) is 6.31. The Bertz CT molecular complexity index is 696. The highest BCUT2D eigenvalue weighted by molar-refractivity contribution is 8.13. The van der Waals surface area contributed by atoms with Crippen LogP contribution in [-0.2, 0) is 5.54 Å². The van der Waals surface area contributed by atoms with Crippen molar-refractivity contribution >= 4 is 28.7 Å². The molecule has 9 heteroatoms. The summed E-state index contributed by atoms with van der Waals surface area (Å²) >= 11 is 1.26. The number of benzene rings is 1. The summed E-state index contributed by atoms with van der Waals surface area (Å²) in [4.78, 5) is 25.5. The first kappa shape index (κ1) is 14.8. The topological polar surface area (TPSA) is 105 Å². The van der Waals surface area contributed by atoms with Gasteiger partial charge in [-0.2, -0.15) is 0 Å². The van der Waals surface area contributed by atoms with E-state index < -0.39 is 22.4 Å². The number of carboxylic acid groups (broad SMARTS) is 1. The van der Waals surface area contributed by atoms with Crippen LogP contribution in [0.25, 0.3) is 0 Å². The molecule has 1 amide bonds. The lowest BCUT2D eigenvalue weighted by atomic mass is 10.0. The smallest absolute Gasteiger partial charge is 0.410 e. The molecule has 2 unspecified atom stereocenters. The van der Waals surface area contributed by atoms with Crippen LogP contribution >= 0.6 is 11.8 Å². The van der Waals surface area contributed by atoms with Crippen LogP contribution in [0.3, 0.4) is 0 Å².